The molecule has 0 saturated carbocycles. The largest absolute Gasteiger partial charge is 0.378 e. The summed E-state index contributed by atoms with van der Waals surface area (Å²) < 4.78 is 5.31. The number of aromatic nitrogens is 2. The minimum absolute atomic E-state index is 0.137. The van der Waals surface area contributed by atoms with Gasteiger partial charge in [0.15, 0.2) is 0 Å². The number of carbonyl (C=O) groups excluding carboxylic acids is 1. The van der Waals surface area contributed by atoms with Crippen LogP contribution in [-0.4, -0.2) is 48.7 Å². The van der Waals surface area contributed by atoms with E-state index in [9.17, 15) is 4.79 Å². The number of anilines is 1. The van der Waals surface area contributed by atoms with Crippen molar-refractivity contribution in [2.45, 2.75) is 20.3 Å². The van der Waals surface area contributed by atoms with Crippen LogP contribution < -0.4 is 10.2 Å². The van der Waals surface area contributed by atoms with Gasteiger partial charge < -0.3 is 15.0 Å². The Labute approximate surface area is 119 Å². The normalized spacial score (nSPS) is 15.4. The number of ether oxygens (including phenoxy) is 1. The minimum Gasteiger partial charge on any atom is -0.378 e. The van der Waals surface area contributed by atoms with Crippen molar-refractivity contribution in [3.05, 3.63) is 18.1 Å². The van der Waals surface area contributed by atoms with Gasteiger partial charge in [0.1, 0.15) is 17.8 Å². The lowest BCUT2D eigenvalue weighted by Crippen LogP contribution is -2.37. The average molecular weight is 278 g/mol. The van der Waals surface area contributed by atoms with E-state index in [0.717, 1.165) is 25.3 Å². The van der Waals surface area contributed by atoms with Crippen molar-refractivity contribution < 1.29 is 9.53 Å². The molecule has 0 atom stereocenters. The summed E-state index contributed by atoms with van der Waals surface area (Å²) in [6.07, 6.45) is 2.41. The van der Waals surface area contributed by atoms with Crippen molar-refractivity contribution in [3.63, 3.8) is 0 Å². The van der Waals surface area contributed by atoms with Crippen LogP contribution in [0, 0.1) is 5.92 Å². The molecule has 1 aliphatic heterocycles. The molecular formula is C14H22N4O2. The smallest absolute Gasteiger partial charge is 0.270 e. The minimum atomic E-state index is -0.137. The Kier molecular flexibility index (Phi) is 5.29. The monoisotopic (exact) mass is 278 g/mol. The predicted octanol–water partition coefficient (Wildman–Crippen LogP) is 1.09. The molecule has 1 aromatic rings. The molecule has 1 fully saturated rings. The summed E-state index contributed by atoms with van der Waals surface area (Å²) in [6, 6.07) is 1.75. The fourth-order valence-corrected chi connectivity index (χ4v) is 2.00. The van der Waals surface area contributed by atoms with Gasteiger partial charge in [-0.05, 0) is 12.3 Å². The van der Waals surface area contributed by atoms with Gasteiger partial charge in [-0.15, -0.1) is 0 Å². The van der Waals surface area contributed by atoms with E-state index >= 15 is 0 Å². The highest BCUT2D eigenvalue weighted by molar-refractivity contribution is 5.92. The standard InChI is InChI=1S/C14H22N4O2/c1-11(2)3-4-15-14(19)12-9-13(17-10-16-12)18-5-7-20-8-6-18/h9-11H,3-8H2,1-2H3,(H,15,19). The number of morpholine rings is 1. The van der Waals surface area contributed by atoms with E-state index in [1.54, 1.807) is 6.07 Å². The molecule has 1 N–H and O–H groups in total. The van der Waals surface area contributed by atoms with E-state index < -0.39 is 0 Å². The first-order valence-corrected chi connectivity index (χ1v) is 7.10. The SMILES string of the molecule is CC(C)CCNC(=O)c1cc(N2CCOCC2)ncn1. The molecule has 2 heterocycles. The molecule has 0 aliphatic carbocycles. The van der Waals surface area contributed by atoms with Crippen LogP contribution in [0.5, 0.6) is 0 Å². The maximum atomic E-state index is 12.0. The highest BCUT2D eigenvalue weighted by Gasteiger charge is 2.15. The van der Waals surface area contributed by atoms with Gasteiger partial charge in [-0.25, -0.2) is 9.97 Å². The Morgan fingerprint density at radius 2 is 2.15 bits per heavy atom. The lowest BCUT2D eigenvalue weighted by atomic mass is 10.1. The number of hydrogen-bond donors (Lipinski definition) is 1. The van der Waals surface area contributed by atoms with E-state index in [4.69, 9.17) is 4.74 Å². The Morgan fingerprint density at radius 3 is 2.85 bits per heavy atom. The molecule has 2 rings (SSSR count). The number of nitrogens with zero attached hydrogens (tertiary/aromatic N) is 3. The summed E-state index contributed by atoms with van der Waals surface area (Å²) in [4.78, 5) is 22.4. The number of hydrogen-bond acceptors (Lipinski definition) is 5. The van der Waals surface area contributed by atoms with E-state index in [1.165, 1.54) is 6.33 Å². The van der Waals surface area contributed by atoms with E-state index in [2.05, 4.69) is 34.0 Å². The van der Waals surface area contributed by atoms with Crippen LogP contribution in [0.25, 0.3) is 0 Å². The zero-order valence-corrected chi connectivity index (χ0v) is 12.1. The summed E-state index contributed by atoms with van der Waals surface area (Å²) in [7, 11) is 0. The third-order valence-electron chi connectivity index (χ3n) is 3.23. The van der Waals surface area contributed by atoms with Crippen LogP contribution >= 0.6 is 0 Å². The first kappa shape index (κ1) is 14.7. The van der Waals surface area contributed by atoms with Gasteiger partial charge >= 0.3 is 0 Å². The fourth-order valence-electron chi connectivity index (χ4n) is 2.00. The van der Waals surface area contributed by atoms with Crippen LogP contribution in [0.3, 0.4) is 0 Å². The highest BCUT2D eigenvalue weighted by Crippen LogP contribution is 2.12. The molecule has 1 amide bonds. The number of rotatable bonds is 5. The van der Waals surface area contributed by atoms with Crippen LogP contribution in [0.2, 0.25) is 0 Å². The molecule has 110 valence electrons. The van der Waals surface area contributed by atoms with Crippen LogP contribution in [0.1, 0.15) is 30.8 Å². The molecule has 0 unspecified atom stereocenters. The van der Waals surface area contributed by atoms with Gasteiger partial charge in [-0.1, -0.05) is 13.8 Å². The quantitative estimate of drug-likeness (QED) is 0.873. The van der Waals surface area contributed by atoms with E-state index in [1.807, 2.05) is 0 Å². The first-order chi connectivity index (χ1) is 9.66. The molecule has 0 spiro atoms. The molecular weight excluding hydrogens is 256 g/mol. The third kappa shape index (κ3) is 4.16. The van der Waals surface area contributed by atoms with Crippen molar-refractivity contribution in [1.82, 2.24) is 15.3 Å². The van der Waals surface area contributed by atoms with Crippen molar-refractivity contribution in [3.8, 4) is 0 Å². The van der Waals surface area contributed by atoms with E-state index in [0.29, 0.717) is 31.4 Å². The van der Waals surface area contributed by atoms with Crippen molar-refractivity contribution in [2.24, 2.45) is 5.92 Å². The van der Waals surface area contributed by atoms with Gasteiger partial charge in [0.25, 0.3) is 5.91 Å². The zero-order chi connectivity index (χ0) is 14.4. The summed E-state index contributed by atoms with van der Waals surface area (Å²) in [5, 5.41) is 2.89. The second-order valence-corrected chi connectivity index (χ2v) is 5.30. The summed E-state index contributed by atoms with van der Waals surface area (Å²) in [6.45, 7) is 7.92. The maximum absolute atomic E-state index is 12.0. The molecule has 0 bridgehead atoms. The molecule has 0 radical (unpaired) electrons. The molecule has 1 aliphatic rings. The summed E-state index contributed by atoms with van der Waals surface area (Å²) in [5.74, 6) is 1.23. The Hall–Kier alpha value is -1.69. The molecule has 20 heavy (non-hydrogen) atoms. The van der Waals surface area contributed by atoms with Crippen LogP contribution in [-0.2, 0) is 4.74 Å². The van der Waals surface area contributed by atoms with Crippen LogP contribution in [0.4, 0.5) is 5.82 Å². The molecule has 6 heteroatoms. The summed E-state index contributed by atoms with van der Waals surface area (Å²) >= 11 is 0. The van der Waals surface area contributed by atoms with E-state index in [-0.39, 0.29) is 5.91 Å². The van der Waals surface area contributed by atoms with Gasteiger partial charge in [0, 0.05) is 25.7 Å². The fraction of sp³-hybridized carbons (Fsp3) is 0.643. The second kappa shape index (κ2) is 7.19. The second-order valence-electron chi connectivity index (χ2n) is 5.30. The number of amides is 1. The van der Waals surface area contributed by atoms with Crippen LogP contribution in [0.15, 0.2) is 12.4 Å². The Balaban J connectivity index is 1.96. The average Bonchev–Trinajstić information content (AvgIpc) is 2.48. The topological polar surface area (TPSA) is 67.4 Å². The molecule has 1 saturated heterocycles. The van der Waals surface area contributed by atoms with Gasteiger partial charge in [0.05, 0.1) is 13.2 Å². The van der Waals surface area contributed by atoms with Gasteiger partial charge in [0.2, 0.25) is 0 Å². The lowest BCUT2D eigenvalue weighted by Gasteiger charge is -2.27. The van der Waals surface area contributed by atoms with Crippen molar-refractivity contribution >= 4 is 11.7 Å². The summed E-state index contributed by atoms with van der Waals surface area (Å²) in [5.41, 5.74) is 0.422. The number of carbonyl (C=O) groups is 1. The van der Waals surface area contributed by atoms with Gasteiger partial charge in [-0.3, -0.25) is 4.79 Å². The number of nitrogens with one attached hydrogen (secondary N) is 1. The third-order valence-corrected chi connectivity index (χ3v) is 3.23. The maximum Gasteiger partial charge on any atom is 0.270 e. The van der Waals surface area contributed by atoms with Crippen molar-refractivity contribution in [2.75, 3.05) is 37.7 Å². The first-order valence-electron chi connectivity index (χ1n) is 7.10. The lowest BCUT2D eigenvalue weighted by molar-refractivity contribution is 0.0947. The van der Waals surface area contributed by atoms with Gasteiger partial charge in [-0.2, -0.15) is 0 Å². The Bertz CT molecular complexity index is 445. The molecule has 0 aromatic carbocycles. The predicted molar refractivity (Wildman–Crippen MR) is 76.9 cm³/mol. The highest BCUT2D eigenvalue weighted by atomic mass is 16.5. The van der Waals surface area contributed by atoms with Crippen molar-refractivity contribution in [1.29, 1.82) is 0 Å². The Morgan fingerprint density at radius 1 is 1.40 bits per heavy atom. The molecule has 1 aromatic heterocycles. The zero-order valence-electron chi connectivity index (χ0n) is 12.1. The molecule has 6 nitrogen and oxygen atoms in total.